The molecule has 4 aromatic rings. The molecule has 0 spiro atoms. The maximum absolute atomic E-state index is 12.4. The molecule has 29 heavy (non-hydrogen) atoms. The molecule has 0 saturated heterocycles. The molecule has 0 amide bonds. The van der Waals surface area contributed by atoms with E-state index in [1.807, 2.05) is 25.1 Å². The van der Waals surface area contributed by atoms with Crippen LogP contribution in [0.15, 0.2) is 58.6 Å². The Balaban J connectivity index is 1.64. The van der Waals surface area contributed by atoms with Gasteiger partial charge >= 0.3 is 0 Å². The van der Waals surface area contributed by atoms with Crippen LogP contribution in [-0.4, -0.2) is 24.1 Å². The number of aryl methyl sites for hydroxylation is 2. The van der Waals surface area contributed by atoms with Crippen LogP contribution in [-0.2, 0) is 12.3 Å². The van der Waals surface area contributed by atoms with Crippen LogP contribution in [0.1, 0.15) is 30.2 Å². The van der Waals surface area contributed by atoms with Crippen LogP contribution in [0.3, 0.4) is 0 Å². The van der Waals surface area contributed by atoms with Crippen molar-refractivity contribution >= 4 is 17.4 Å². The third kappa shape index (κ3) is 3.96. The van der Waals surface area contributed by atoms with Crippen LogP contribution >= 0.6 is 11.8 Å². The Morgan fingerprint density at radius 2 is 1.93 bits per heavy atom. The van der Waals surface area contributed by atoms with Crippen molar-refractivity contribution in [3.05, 3.63) is 75.8 Å². The predicted octanol–water partition coefficient (Wildman–Crippen LogP) is 4.27. The lowest BCUT2D eigenvalue weighted by molar-refractivity contribution is 0.626. The molecule has 0 N–H and O–H groups in total. The molecule has 148 valence electrons. The summed E-state index contributed by atoms with van der Waals surface area (Å²) in [6.45, 7) is 7.02. The Labute approximate surface area is 173 Å². The molecule has 0 radical (unpaired) electrons. The first-order valence-electron chi connectivity index (χ1n) is 9.67. The molecule has 0 unspecified atom stereocenters. The molecule has 4 rings (SSSR count). The van der Waals surface area contributed by atoms with E-state index < -0.39 is 0 Å². The summed E-state index contributed by atoms with van der Waals surface area (Å²) in [5.74, 6) is 1.44. The fraction of sp³-hybridized carbons (Fsp3) is 0.273. The highest BCUT2D eigenvalue weighted by molar-refractivity contribution is 7.98. The lowest BCUT2D eigenvalue weighted by Gasteiger charge is -2.10. The van der Waals surface area contributed by atoms with Crippen LogP contribution in [0.25, 0.3) is 17.0 Å². The van der Waals surface area contributed by atoms with Gasteiger partial charge in [0.25, 0.3) is 5.56 Å². The van der Waals surface area contributed by atoms with Gasteiger partial charge in [0, 0.05) is 30.1 Å². The first-order chi connectivity index (χ1) is 14.1. The number of aromatic nitrogens is 5. The molecule has 0 aliphatic rings. The van der Waals surface area contributed by atoms with E-state index in [9.17, 15) is 4.79 Å². The van der Waals surface area contributed by atoms with Gasteiger partial charge < -0.3 is 4.57 Å². The molecule has 7 heteroatoms. The monoisotopic (exact) mass is 405 g/mol. The fourth-order valence-electron chi connectivity index (χ4n) is 3.34. The third-order valence-electron chi connectivity index (χ3n) is 4.73. The average molecular weight is 406 g/mol. The highest BCUT2D eigenvalue weighted by atomic mass is 32.2. The first-order valence-corrected chi connectivity index (χ1v) is 10.7. The Morgan fingerprint density at radius 3 is 2.72 bits per heavy atom. The number of benzene rings is 1. The maximum Gasteiger partial charge on any atom is 0.258 e. The van der Waals surface area contributed by atoms with E-state index in [2.05, 4.69) is 51.8 Å². The zero-order valence-electron chi connectivity index (χ0n) is 16.8. The van der Waals surface area contributed by atoms with Crippen LogP contribution < -0.4 is 5.56 Å². The van der Waals surface area contributed by atoms with E-state index in [4.69, 9.17) is 0 Å². The van der Waals surface area contributed by atoms with E-state index in [1.165, 1.54) is 5.56 Å². The number of fused-ring (bicyclic) bond motifs is 1. The molecule has 0 saturated carbocycles. The zero-order valence-corrected chi connectivity index (χ0v) is 17.6. The lowest BCUT2D eigenvalue weighted by atomic mass is 10.1. The Hall–Kier alpha value is -2.93. The molecule has 3 heterocycles. The Kier molecular flexibility index (Phi) is 5.49. The highest BCUT2D eigenvalue weighted by Gasteiger charge is 2.15. The van der Waals surface area contributed by atoms with Gasteiger partial charge in [-0.1, -0.05) is 48.5 Å². The smallest absolute Gasteiger partial charge is 0.258 e. The molecule has 0 bridgehead atoms. The molecule has 3 aromatic heterocycles. The van der Waals surface area contributed by atoms with Crippen molar-refractivity contribution in [3.8, 4) is 11.4 Å². The molecule has 0 atom stereocenters. The largest absolute Gasteiger partial charge is 0.302 e. The van der Waals surface area contributed by atoms with Crippen LogP contribution in [0.2, 0.25) is 0 Å². The maximum atomic E-state index is 12.4. The van der Waals surface area contributed by atoms with E-state index in [0.29, 0.717) is 11.4 Å². The van der Waals surface area contributed by atoms with Gasteiger partial charge in [-0.3, -0.25) is 9.20 Å². The topological polar surface area (TPSA) is 65.1 Å². The quantitative estimate of drug-likeness (QED) is 0.448. The van der Waals surface area contributed by atoms with Gasteiger partial charge in [0.05, 0.1) is 5.69 Å². The van der Waals surface area contributed by atoms with Gasteiger partial charge in [0.1, 0.15) is 5.65 Å². The van der Waals surface area contributed by atoms with Gasteiger partial charge in [-0.05, 0) is 38.0 Å². The summed E-state index contributed by atoms with van der Waals surface area (Å²) in [5, 5.41) is 9.71. The zero-order chi connectivity index (χ0) is 20.4. The number of pyridine rings is 1. The van der Waals surface area contributed by atoms with Crippen molar-refractivity contribution in [2.75, 3.05) is 0 Å². The van der Waals surface area contributed by atoms with Gasteiger partial charge in [0.15, 0.2) is 11.0 Å². The lowest BCUT2D eigenvalue weighted by Crippen LogP contribution is -2.15. The molecular weight excluding hydrogens is 382 g/mol. The Morgan fingerprint density at radius 1 is 1.07 bits per heavy atom. The second-order valence-electron chi connectivity index (χ2n) is 7.09. The third-order valence-corrected chi connectivity index (χ3v) is 5.73. The molecular formula is C22H23N5OS. The van der Waals surface area contributed by atoms with Crippen LogP contribution in [0.5, 0.6) is 0 Å². The minimum Gasteiger partial charge on any atom is -0.302 e. The van der Waals surface area contributed by atoms with Crippen molar-refractivity contribution in [1.29, 1.82) is 0 Å². The summed E-state index contributed by atoms with van der Waals surface area (Å²) in [6.07, 6.45) is 2.74. The number of nitrogens with zero attached hydrogens (tertiary/aromatic N) is 5. The molecule has 0 aliphatic heterocycles. The summed E-state index contributed by atoms with van der Waals surface area (Å²) in [7, 11) is 0. The highest BCUT2D eigenvalue weighted by Crippen LogP contribution is 2.26. The number of hydrogen-bond donors (Lipinski definition) is 0. The summed E-state index contributed by atoms with van der Waals surface area (Å²) in [4.78, 5) is 17.1. The second kappa shape index (κ2) is 8.21. The molecule has 0 aliphatic carbocycles. The number of thioether (sulfide) groups is 1. The van der Waals surface area contributed by atoms with Crippen molar-refractivity contribution in [2.24, 2.45) is 0 Å². The van der Waals surface area contributed by atoms with Crippen molar-refractivity contribution < 1.29 is 0 Å². The normalized spacial score (nSPS) is 11.3. The van der Waals surface area contributed by atoms with E-state index in [1.54, 1.807) is 28.4 Å². The van der Waals surface area contributed by atoms with Gasteiger partial charge in [-0.25, -0.2) is 4.98 Å². The fourth-order valence-corrected chi connectivity index (χ4v) is 4.20. The summed E-state index contributed by atoms with van der Waals surface area (Å²) in [5.41, 5.74) is 4.62. The standard InChI is InChI=1S/C22H23N5OS/c1-4-10-27-21(17-9-5-7-15(2)12-17)24-25-22(27)29-14-18-13-19(28)26-11-6-8-16(3)20(26)23-18/h5-9,11-13H,4,10,14H2,1-3H3. The van der Waals surface area contributed by atoms with Crippen LogP contribution in [0.4, 0.5) is 0 Å². The van der Waals surface area contributed by atoms with Crippen LogP contribution in [0, 0.1) is 13.8 Å². The predicted molar refractivity (Wildman–Crippen MR) is 116 cm³/mol. The van der Waals surface area contributed by atoms with Crippen molar-refractivity contribution in [1.82, 2.24) is 24.1 Å². The van der Waals surface area contributed by atoms with Gasteiger partial charge in [0.2, 0.25) is 0 Å². The SMILES string of the molecule is CCCn1c(SCc2cc(=O)n3cccc(C)c3n2)nnc1-c1cccc(C)c1. The minimum absolute atomic E-state index is 0.0650. The van der Waals surface area contributed by atoms with Gasteiger partial charge in [-0.2, -0.15) is 0 Å². The second-order valence-corrected chi connectivity index (χ2v) is 8.03. The Bertz CT molecular complexity index is 1230. The summed E-state index contributed by atoms with van der Waals surface area (Å²) in [6, 6.07) is 13.7. The summed E-state index contributed by atoms with van der Waals surface area (Å²) < 4.78 is 3.73. The molecule has 0 fully saturated rings. The van der Waals surface area contributed by atoms with E-state index in [0.717, 1.165) is 40.8 Å². The minimum atomic E-state index is -0.0650. The van der Waals surface area contributed by atoms with Crippen molar-refractivity contribution in [3.63, 3.8) is 0 Å². The summed E-state index contributed by atoms with van der Waals surface area (Å²) >= 11 is 1.56. The van der Waals surface area contributed by atoms with Crippen molar-refractivity contribution in [2.45, 2.75) is 44.6 Å². The average Bonchev–Trinajstić information content (AvgIpc) is 3.10. The number of hydrogen-bond acceptors (Lipinski definition) is 5. The van der Waals surface area contributed by atoms with E-state index in [-0.39, 0.29) is 5.56 Å². The first kappa shape index (κ1) is 19.4. The van der Waals surface area contributed by atoms with E-state index >= 15 is 0 Å². The van der Waals surface area contributed by atoms with Gasteiger partial charge in [-0.15, -0.1) is 10.2 Å². The number of rotatable bonds is 6. The molecule has 6 nitrogen and oxygen atoms in total. The molecule has 1 aromatic carbocycles.